The molecule has 0 heterocycles. The maximum absolute atomic E-state index is 10.4. The Balaban J connectivity index is 0.000000164. The molecule has 0 bridgehead atoms. The maximum atomic E-state index is 10.4. The van der Waals surface area contributed by atoms with Crippen LogP contribution in [0.15, 0.2) is 54.6 Å². The molecule has 2 aliphatic rings. The Morgan fingerprint density at radius 3 is 1.83 bits per heavy atom. The molecular weight excluding hydrogens is 226 g/mol. The first-order chi connectivity index (χ1) is 8.66. The number of benzene rings is 2. The van der Waals surface area contributed by atoms with Crippen LogP contribution in [0.5, 0.6) is 0 Å². The molecule has 1 aromatic rings. The van der Waals surface area contributed by atoms with Gasteiger partial charge in [-0.05, 0) is 23.1 Å². The summed E-state index contributed by atoms with van der Waals surface area (Å²) in [6.07, 6.45) is 0.385. The molecule has 0 spiro atoms. The highest BCUT2D eigenvalue weighted by atomic mass is 16.4. The SMILES string of the molecule is N[C@H](Cc1ccccc1)C(=O)O.c1cc2ccc1-2. The van der Waals surface area contributed by atoms with Crippen molar-refractivity contribution in [1.29, 1.82) is 0 Å². The van der Waals surface area contributed by atoms with E-state index in [1.54, 1.807) is 0 Å². The molecule has 0 radical (unpaired) electrons. The second kappa shape index (κ2) is 5.47. The number of carboxylic acids is 1. The third-order valence-corrected chi connectivity index (χ3v) is 2.83. The molecule has 0 fully saturated rings. The van der Waals surface area contributed by atoms with Crippen LogP contribution in [0.3, 0.4) is 0 Å². The molecule has 0 unspecified atom stereocenters. The van der Waals surface area contributed by atoms with Crippen molar-refractivity contribution < 1.29 is 9.90 Å². The number of nitrogens with two attached hydrogens (primary N) is 1. The molecule has 0 aromatic heterocycles. The van der Waals surface area contributed by atoms with Gasteiger partial charge in [-0.2, -0.15) is 0 Å². The average Bonchev–Trinajstić information content (AvgIpc) is 2.35. The quantitative estimate of drug-likeness (QED) is 0.739. The third-order valence-electron chi connectivity index (χ3n) is 2.83. The predicted molar refractivity (Wildman–Crippen MR) is 71.2 cm³/mol. The summed E-state index contributed by atoms with van der Waals surface area (Å²) in [6.45, 7) is 0. The van der Waals surface area contributed by atoms with Crippen LogP contribution in [0.4, 0.5) is 0 Å². The van der Waals surface area contributed by atoms with Gasteiger partial charge in [0.2, 0.25) is 0 Å². The fourth-order valence-corrected chi connectivity index (χ4v) is 1.62. The Morgan fingerprint density at radius 1 is 1.00 bits per heavy atom. The van der Waals surface area contributed by atoms with Gasteiger partial charge in [0, 0.05) is 0 Å². The number of fused-ring (bicyclic) bond motifs is 1. The Morgan fingerprint density at radius 2 is 1.50 bits per heavy atom. The molecular formula is C15H15NO2. The number of aliphatic carboxylic acids is 1. The fourth-order valence-electron chi connectivity index (χ4n) is 1.62. The van der Waals surface area contributed by atoms with Gasteiger partial charge in [0.15, 0.2) is 0 Å². The van der Waals surface area contributed by atoms with E-state index in [-0.39, 0.29) is 0 Å². The molecule has 1 atom stereocenters. The summed E-state index contributed by atoms with van der Waals surface area (Å²) in [7, 11) is 0. The van der Waals surface area contributed by atoms with Gasteiger partial charge in [0.25, 0.3) is 0 Å². The molecule has 2 aliphatic carbocycles. The van der Waals surface area contributed by atoms with Gasteiger partial charge >= 0.3 is 5.97 Å². The topological polar surface area (TPSA) is 63.3 Å². The van der Waals surface area contributed by atoms with Crippen LogP contribution < -0.4 is 5.73 Å². The molecule has 0 saturated heterocycles. The molecule has 3 nitrogen and oxygen atoms in total. The van der Waals surface area contributed by atoms with Crippen molar-refractivity contribution in [3.05, 3.63) is 60.2 Å². The highest BCUT2D eigenvalue weighted by molar-refractivity contribution is 5.75. The summed E-state index contributed by atoms with van der Waals surface area (Å²) < 4.78 is 0. The summed E-state index contributed by atoms with van der Waals surface area (Å²) in [4.78, 5) is 10.4. The van der Waals surface area contributed by atoms with Gasteiger partial charge in [0.05, 0.1) is 0 Å². The average molecular weight is 241 g/mol. The number of hydrogen-bond donors (Lipinski definition) is 2. The molecule has 0 amide bonds. The largest absolute Gasteiger partial charge is 0.480 e. The summed E-state index contributed by atoms with van der Waals surface area (Å²) in [5.74, 6) is -0.959. The molecule has 3 N–H and O–H groups in total. The second-order valence-corrected chi connectivity index (χ2v) is 4.21. The van der Waals surface area contributed by atoms with Crippen LogP contribution in [0, 0.1) is 0 Å². The van der Waals surface area contributed by atoms with E-state index in [1.165, 1.54) is 11.1 Å². The van der Waals surface area contributed by atoms with E-state index in [9.17, 15) is 4.79 Å². The molecule has 18 heavy (non-hydrogen) atoms. The molecule has 92 valence electrons. The van der Waals surface area contributed by atoms with Crippen LogP contribution in [-0.4, -0.2) is 17.1 Å². The van der Waals surface area contributed by atoms with Gasteiger partial charge in [0.1, 0.15) is 6.04 Å². The van der Waals surface area contributed by atoms with E-state index >= 15 is 0 Å². The van der Waals surface area contributed by atoms with Crippen molar-refractivity contribution in [3.8, 4) is 11.1 Å². The highest BCUT2D eigenvalue weighted by Crippen LogP contribution is 2.29. The minimum atomic E-state index is -0.959. The zero-order valence-corrected chi connectivity index (χ0v) is 9.91. The maximum Gasteiger partial charge on any atom is 0.320 e. The zero-order valence-electron chi connectivity index (χ0n) is 9.91. The highest BCUT2D eigenvalue weighted by Gasteiger charge is 2.10. The standard InChI is InChI=1S/C9H11NO2.C6H4/c10-8(9(11)12)6-7-4-2-1-3-5-7;1-2-6-4-3-5(1)6/h1-5,8H,6,10H2,(H,11,12);1-4H/t8-;/m1./s1. The Kier molecular flexibility index (Phi) is 3.75. The monoisotopic (exact) mass is 241 g/mol. The minimum Gasteiger partial charge on any atom is -0.480 e. The lowest BCUT2D eigenvalue weighted by Gasteiger charge is -2.10. The number of hydrogen-bond acceptors (Lipinski definition) is 2. The third kappa shape index (κ3) is 2.96. The summed E-state index contributed by atoms with van der Waals surface area (Å²) >= 11 is 0. The lowest BCUT2D eigenvalue weighted by molar-refractivity contribution is -0.138. The predicted octanol–water partition coefficient (Wildman–Crippen LogP) is 2.31. The van der Waals surface area contributed by atoms with Crippen LogP contribution in [0.1, 0.15) is 5.56 Å². The van der Waals surface area contributed by atoms with Crippen molar-refractivity contribution in [1.82, 2.24) is 0 Å². The molecule has 1 aromatic carbocycles. The lowest BCUT2D eigenvalue weighted by atomic mass is 9.95. The summed E-state index contributed by atoms with van der Waals surface area (Å²) in [5.41, 5.74) is 9.15. The van der Waals surface area contributed by atoms with Crippen molar-refractivity contribution in [2.45, 2.75) is 12.5 Å². The van der Waals surface area contributed by atoms with Crippen molar-refractivity contribution in [2.24, 2.45) is 5.73 Å². The van der Waals surface area contributed by atoms with Crippen LogP contribution in [-0.2, 0) is 11.2 Å². The van der Waals surface area contributed by atoms with Gasteiger partial charge < -0.3 is 10.8 Å². The van der Waals surface area contributed by atoms with Gasteiger partial charge in [-0.15, -0.1) is 0 Å². The normalized spacial score (nSPS) is 12.1. The van der Waals surface area contributed by atoms with Gasteiger partial charge in [-0.3, -0.25) is 4.79 Å². The zero-order chi connectivity index (χ0) is 13.0. The van der Waals surface area contributed by atoms with E-state index in [0.29, 0.717) is 6.42 Å². The number of rotatable bonds is 3. The van der Waals surface area contributed by atoms with E-state index in [1.807, 2.05) is 30.3 Å². The van der Waals surface area contributed by atoms with Gasteiger partial charge in [-0.25, -0.2) is 0 Å². The molecule has 3 heteroatoms. The Labute approximate surface area is 106 Å². The Bertz CT molecular complexity index is 499. The van der Waals surface area contributed by atoms with Crippen LogP contribution in [0.25, 0.3) is 11.1 Å². The van der Waals surface area contributed by atoms with E-state index < -0.39 is 12.0 Å². The van der Waals surface area contributed by atoms with E-state index in [0.717, 1.165) is 5.56 Å². The number of carbonyl (C=O) groups is 1. The van der Waals surface area contributed by atoms with Gasteiger partial charge in [-0.1, -0.05) is 54.6 Å². The molecule has 3 rings (SSSR count). The first-order valence-electron chi connectivity index (χ1n) is 5.79. The van der Waals surface area contributed by atoms with Crippen LogP contribution in [0.2, 0.25) is 0 Å². The van der Waals surface area contributed by atoms with E-state index in [4.69, 9.17) is 10.8 Å². The smallest absolute Gasteiger partial charge is 0.320 e. The first kappa shape index (κ1) is 12.3. The first-order valence-corrected chi connectivity index (χ1v) is 5.79. The molecule has 0 saturated carbocycles. The fraction of sp³-hybridized carbons (Fsp3) is 0.133. The lowest BCUT2D eigenvalue weighted by Crippen LogP contribution is -2.32. The van der Waals surface area contributed by atoms with Crippen molar-refractivity contribution in [3.63, 3.8) is 0 Å². The second-order valence-electron chi connectivity index (χ2n) is 4.21. The van der Waals surface area contributed by atoms with Crippen LogP contribution >= 0.6 is 0 Å². The summed E-state index contributed by atoms with van der Waals surface area (Å²) in [6, 6.07) is 17.0. The Hall–Kier alpha value is -2.13. The minimum absolute atomic E-state index is 0.385. The summed E-state index contributed by atoms with van der Waals surface area (Å²) in [5, 5.41) is 8.52. The molecule has 0 aliphatic heterocycles. The van der Waals surface area contributed by atoms with Crippen molar-refractivity contribution >= 4 is 5.97 Å². The van der Waals surface area contributed by atoms with E-state index in [2.05, 4.69) is 24.3 Å². The van der Waals surface area contributed by atoms with Crippen molar-refractivity contribution in [2.75, 3.05) is 0 Å². The number of carboxylic acid groups (broad SMARTS) is 1.